The highest BCUT2D eigenvalue weighted by Crippen LogP contribution is 2.56. The average molecular weight is 213 g/mol. The summed E-state index contributed by atoms with van der Waals surface area (Å²) in [4.78, 5) is 0. The predicted octanol–water partition coefficient (Wildman–Crippen LogP) is 3.49. The van der Waals surface area contributed by atoms with Gasteiger partial charge in [0.05, 0.1) is 10.8 Å². The van der Waals surface area contributed by atoms with Gasteiger partial charge in [0, 0.05) is 11.8 Å². The quantitative estimate of drug-likeness (QED) is 0.578. The first-order valence-corrected chi connectivity index (χ1v) is 5.53. The fourth-order valence-electron chi connectivity index (χ4n) is 2.76. The maximum atomic E-state index is 6.26. The predicted molar refractivity (Wildman–Crippen MR) is 55.8 cm³/mol. The number of alkyl halides is 2. The second-order valence-corrected chi connectivity index (χ2v) is 4.97. The Kier molecular flexibility index (Phi) is 1.66. The SMILES string of the molecule is Cl[C@@H]1[C@H](Cl)[C@H]2C[C@@H]1c1ccccc12. The van der Waals surface area contributed by atoms with Crippen molar-refractivity contribution in [1.82, 2.24) is 0 Å². The number of hydrogen-bond acceptors (Lipinski definition) is 0. The monoisotopic (exact) mass is 212 g/mol. The lowest BCUT2D eigenvalue weighted by Crippen LogP contribution is -2.22. The van der Waals surface area contributed by atoms with Crippen LogP contribution in [0.15, 0.2) is 24.3 Å². The van der Waals surface area contributed by atoms with Crippen LogP contribution in [0.25, 0.3) is 0 Å². The van der Waals surface area contributed by atoms with Crippen LogP contribution in [0.2, 0.25) is 0 Å². The van der Waals surface area contributed by atoms with Crippen LogP contribution in [0.3, 0.4) is 0 Å². The number of hydrogen-bond donors (Lipinski definition) is 0. The lowest BCUT2D eigenvalue weighted by molar-refractivity contribution is 0.735. The molecule has 13 heavy (non-hydrogen) atoms. The summed E-state index contributed by atoms with van der Waals surface area (Å²) in [5.41, 5.74) is 2.87. The molecule has 2 aliphatic carbocycles. The second kappa shape index (κ2) is 2.65. The highest BCUT2D eigenvalue weighted by atomic mass is 35.5. The molecule has 0 aliphatic heterocycles. The molecule has 68 valence electrons. The van der Waals surface area contributed by atoms with Crippen molar-refractivity contribution >= 4 is 23.2 Å². The summed E-state index contributed by atoms with van der Waals surface area (Å²) < 4.78 is 0. The van der Waals surface area contributed by atoms with Crippen molar-refractivity contribution in [1.29, 1.82) is 0 Å². The molecule has 0 heterocycles. The highest BCUT2D eigenvalue weighted by molar-refractivity contribution is 6.31. The number of rotatable bonds is 0. The Balaban J connectivity index is 2.16. The Labute approximate surface area is 87.9 Å². The fraction of sp³-hybridized carbons (Fsp3) is 0.455. The maximum Gasteiger partial charge on any atom is 0.0574 e. The van der Waals surface area contributed by atoms with Crippen LogP contribution in [-0.4, -0.2) is 10.8 Å². The van der Waals surface area contributed by atoms with Crippen LogP contribution in [0.4, 0.5) is 0 Å². The molecule has 1 fully saturated rings. The van der Waals surface area contributed by atoms with Gasteiger partial charge in [-0.2, -0.15) is 0 Å². The van der Waals surface area contributed by atoms with Gasteiger partial charge in [-0.1, -0.05) is 24.3 Å². The van der Waals surface area contributed by atoms with E-state index < -0.39 is 0 Å². The maximum absolute atomic E-state index is 6.26. The first-order valence-electron chi connectivity index (χ1n) is 4.66. The lowest BCUT2D eigenvalue weighted by atomic mass is 9.91. The zero-order chi connectivity index (χ0) is 9.00. The van der Waals surface area contributed by atoms with Crippen molar-refractivity contribution in [3.05, 3.63) is 35.4 Å². The summed E-state index contributed by atoms with van der Waals surface area (Å²) >= 11 is 12.5. The van der Waals surface area contributed by atoms with E-state index in [1.54, 1.807) is 0 Å². The van der Waals surface area contributed by atoms with Gasteiger partial charge in [-0.25, -0.2) is 0 Å². The second-order valence-electron chi connectivity index (χ2n) is 3.97. The first kappa shape index (κ1) is 8.14. The summed E-state index contributed by atoms with van der Waals surface area (Å²) in [7, 11) is 0. The smallest absolute Gasteiger partial charge is 0.0574 e. The zero-order valence-electron chi connectivity index (χ0n) is 7.08. The van der Waals surface area contributed by atoms with Gasteiger partial charge in [0.15, 0.2) is 0 Å². The molecular weight excluding hydrogens is 203 g/mol. The van der Waals surface area contributed by atoms with Crippen LogP contribution in [0.1, 0.15) is 29.4 Å². The van der Waals surface area contributed by atoms with Crippen molar-refractivity contribution in [2.45, 2.75) is 29.0 Å². The van der Waals surface area contributed by atoms with Gasteiger partial charge in [0.1, 0.15) is 0 Å². The average Bonchev–Trinajstić information content (AvgIpc) is 2.66. The minimum Gasteiger partial charge on any atom is -0.121 e. The van der Waals surface area contributed by atoms with E-state index in [9.17, 15) is 0 Å². The molecule has 0 aromatic heterocycles. The molecule has 0 radical (unpaired) electrons. The van der Waals surface area contributed by atoms with E-state index in [0.29, 0.717) is 11.8 Å². The number of fused-ring (bicyclic) bond motifs is 5. The Bertz CT molecular complexity index is 315. The van der Waals surface area contributed by atoms with Crippen molar-refractivity contribution in [3.8, 4) is 0 Å². The molecular formula is C11H10Cl2. The first-order chi connectivity index (χ1) is 6.29. The molecule has 1 aromatic carbocycles. The number of benzene rings is 1. The van der Waals surface area contributed by atoms with E-state index in [4.69, 9.17) is 23.2 Å². The van der Waals surface area contributed by atoms with Gasteiger partial charge >= 0.3 is 0 Å². The third kappa shape index (κ3) is 0.936. The molecule has 2 bridgehead atoms. The van der Waals surface area contributed by atoms with Crippen LogP contribution in [0, 0.1) is 0 Å². The molecule has 4 atom stereocenters. The van der Waals surface area contributed by atoms with Gasteiger partial charge in [-0.05, 0) is 17.5 Å². The Morgan fingerprint density at radius 1 is 0.923 bits per heavy atom. The molecule has 0 N–H and O–H groups in total. The van der Waals surface area contributed by atoms with E-state index >= 15 is 0 Å². The van der Waals surface area contributed by atoms with Crippen LogP contribution in [0.5, 0.6) is 0 Å². The summed E-state index contributed by atoms with van der Waals surface area (Å²) in [6.07, 6.45) is 1.15. The van der Waals surface area contributed by atoms with Crippen molar-refractivity contribution in [2.24, 2.45) is 0 Å². The van der Waals surface area contributed by atoms with Crippen molar-refractivity contribution in [2.75, 3.05) is 0 Å². The summed E-state index contributed by atoms with van der Waals surface area (Å²) in [5, 5.41) is 0.281. The molecule has 3 rings (SSSR count). The van der Waals surface area contributed by atoms with E-state index in [1.807, 2.05) is 0 Å². The van der Waals surface area contributed by atoms with Gasteiger partial charge in [0.2, 0.25) is 0 Å². The summed E-state index contributed by atoms with van der Waals surface area (Å²) in [6.45, 7) is 0. The normalized spacial score (nSPS) is 40.8. The molecule has 2 aliphatic rings. The highest BCUT2D eigenvalue weighted by Gasteiger charge is 2.49. The molecule has 0 unspecified atom stereocenters. The molecule has 0 saturated heterocycles. The van der Waals surface area contributed by atoms with Crippen molar-refractivity contribution < 1.29 is 0 Å². The molecule has 1 aromatic rings. The molecule has 0 spiro atoms. The molecule has 2 heteroatoms. The van der Waals surface area contributed by atoms with Crippen LogP contribution >= 0.6 is 23.2 Å². The van der Waals surface area contributed by atoms with Crippen LogP contribution in [-0.2, 0) is 0 Å². The van der Waals surface area contributed by atoms with E-state index in [-0.39, 0.29) is 10.8 Å². The topological polar surface area (TPSA) is 0 Å². The molecule has 0 amide bonds. The zero-order valence-corrected chi connectivity index (χ0v) is 8.59. The Morgan fingerprint density at radius 2 is 1.38 bits per heavy atom. The third-order valence-corrected chi connectivity index (χ3v) is 4.66. The van der Waals surface area contributed by atoms with E-state index in [1.165, 1.54) is 11.1 Å². The molecule has 0 nitrogen and oxygen atoms in total. The Morgan fingerprint density at radius 3 is 1.85 bits per heavy atom. The summed E-state index contributed by atoms with van der Waals surface area (Å²) in [5.74, 6) is 1.01. The van der Waals surface area contributed by atoms with Gasteiger partial charge in [0.25, 0.3) is 0 Å². The number of halogens is 2. The van der Waals surface area contributed by atoms with E-state index in [2.05, 4.69) is 24.3 Å². The van der Waals surface area contributed by atoms with Crippen molar-refractivity contribution in [3.63, 3.8) is 0 Å². The van der Waals surface area contributed by atoms with Gasteiger partial charge < -0.3 is 0 Å². The Hall–Kier alpha value is -0.200. The standard InChI is InChI=1S/C11H10Cl2/c12-10-8-5-9(11(10)13)7-4-2-1-3-6(7)8/h1-4,8-11H,5H2/t8-,9+,10+,11-. The third-order valence-electron chi connectivity index (χ3n) is 3.38. The van der Waals surface area contributed by atoms with Gasteiger partial charge in [-0.3, -0.25) is 0 Å². The minimum absolute atomic E-state index is 0.140. The minimum atomic E-state index is 0.140. The van der Waals surface area contributed by atoms with Crippen LogP contribution < -0.4 is 0 Å². The van der Waals surface area contributed by atoms with Gasteiger partial charge in [-0.15, -0.1) is 23.2 Å². The fourth-order valence-corrected chi connectivity index (χ4v) is 3.59. The largest absolute Gasteiger partial charge is 0.121 e. The molecule has 1 saturated carbocycles. The van der Waals surface area contributed by atoms with E-state index in [0.717, 1.165) is 6.42 Å². The summed E-state index contributed by atoms with van der Waals surface area (Å²) in [6, 6.07) is 8.56. The lowest BCUT2D eigenvalue weighted by Gasteiger charge is -2.23.